The molecule has 2 N–H and O–H groups in total. The fraction of sp³-hybridized carbons (Fsp3) is 0.348. The lowest BCUT2D eigenvalue weighted by Gasteiger charge is -2.22. The number of carbonyl (C=O) groups excluding carboxylic acids is 3. The van der Waals surface area contributed by atoms with E-state index in [0.29, 0.717) is 24.2 Å². The number of carbonyl (C=O) groups is 3. The first kappa shape index (κ1) is 24.4. The maximum Gasteiger partial charge on any atom is 0.325 e. The molecule has 1 aliphatic rings. The summed E-state index contributed by atoms with van der Waals surface area (Å²) in [6, 6.07) is 12.7. The van der Waals surface area contributed by atoms with Crippen LogP contribution in [0.5, 0.6) is 0 Å². The van der Waals surface area contributed by atoms with Crippen molar-refractivity contribution < 1.29 is 22.8 Å². The van der Waals surface area contributed by atoms with Gasteiger partial charge in [-0.1, -0.05) is 50.2 Å². The Hall–Kier alpha value is -3.24. The third kappa shape index (κ3) is 4.62. The second-order valence-electron chi connectivity index (χ2n) is 7.93. The molecule has 0 spiro atoms. The minimum absolute atomic E-state index is 0.0932. The van der Waals surface area contributed by atoms with E-state index in [-0.39, 0.29) is 10.6 Å². The van der Waals surface area contributed by atoms with E-state index in [1.807, 2.05) is 0 Å². The van der Waals surface area contributed by atoms with E-state index < -0.39 is 40.0 Å². The van der Waals surface area contributed by atoms with Gasteiger partial charge in [0.1, 0.15) is 12.1 Å². The zero-order valence-corrected chi connectivity index (χ0v) is 19.9. The summed E-state index contributed by atoms with van der Waals surface area (Å²) < 4.78 is 27.2. The van der Waals surface area contributed by atoms with Crippen molar-refractivity contribution in [3.8, 4) is 0 Å². The maximum atomic E-state index is 13.0. The van der Waals surface area contributed by atoms with Gasteiger partial charge in [0.25, 0.3) is 5.91 Å². The number of benzene rings is 2. The smallest absolute Gasteiger partial charge is 0.324 e. The van der Waals surface area contributed by atoms with Crippen molar-refractivity contribution >= 4 is 33.6 Å². The lowest BCUT2D eigenvalue weighted by Crippen LogP contribution is -2.42. The predicted octanol–water partition coefficient (Wildman–Crippen LogP) is 2.43. The summed E-state index contributed by atoms with van der Waals surface area (Å²) in [4.78, 5) is 39.0. The van der Waals surface area contributed by atoms with Crippen LogP contribution in [-0.2, 0) is 25.2 Å². The van der Waals surface area contributed by atoms with E-state index in [0.717, 1.165) is 4.90 Å². The number of nitrogens with zero attached hydrogens (tertiary/aromatic N) is 2. The summed E-state index contributed by atoms with van der Waals surface area (Å²) >= 11 is 0. The van der Waals surface area contributed by atoms with Crippen LogP contribution < -0.4 is 10.6 Å². The average molecular weight is 473 g/mol. The van der Waals surface area contributed by atoms with E-state index in [2.05, 4.69) is 10.6 Å². The van der Waals surface area contributed by atoms with Crippen LogP contribution in [0.25, 0.3) is 0 Å². The number of nitrogens with one attached hydrogen (secondary N) is 2. The molecule has 1 heterocycles. The molecule has 0 bridgehead atoms. The first-order chi connectivity index (χ1) is 15.5. The summed E-state index contributed by atoms with van der Waals surface area (Å²) in [6.07, 6.45) is 0. The molecule has 176 valence electrons. The monoisotopic (exact) mass is 472 g/mol. The van der Waals surface area contributed by atoms with Gasteiger partial charge in [-0.05, 0) is 37.1 Å². The minimum Gasteiger partial charge on any atom is -0.324 e. The van der Waals surface area contributed by atoms with Gasteiger partial charge in [-0.2, -0.15) is 4.31 Å². The first-order valence-corrected chi connectivity index (χ1v) is 12.1. The lowest BCUT2D eigenvalue weighted by molar-refractivity contribution is -0.133. The van der Waals surface area contributed by atoms with E-state index in [4.69, 9.17) is 0 Å². The van der Waals surface area contributed by atoms with Gasteiger partial charge in [0.15, 0.2) is 0 Å². The highest BCUT2D eigenvalue weighted by atomic mass is 32.2. The molecule has 0 unspecified atom stereocenters. The fourth-order valence-corrected chi connectivity index (χ4v) is 5.52. The Morgan fingerprint density at radius 3 is 2.33 bits per heavy atom. The normalized spacial score (nSPS) is 18.5. The van der Waals surface area contributed by atoms with Crippen LogP contribution in [0, 0.1) is 6.92 Å². The van der Waals surface area contributed by atoms with Crippen LogP contribution in [0.4, 0.5) is 10.5 Å². The third-order valence-corrected chi connectivity index (χ3v) is 7.91. The molecule has 10 heteroatoms. The minimum atomic E-state index is -3.72. The molecule has 0 saturated carbocycles. The highest BCUT2D eigenvalue weighted by Crippen LogP contribution is 2.29. The van der Waals surface area contributed by atoms with Gasteiger partial charge >= 0.3 is 6.03 Å². The summed E-state index contributed by atoms with van der Waals surface area (Å²) in [7, 11) is -3.72. The van der Waals surface area contributed by atoms with Crippen LogP contribution in [0.1, 0.15) is 31.9 Å². The Labute approximate surface area is 193 Å². The van der Waals surface area contributed by atoms with Gasteiger partial charge in [-0.15, -0.1) is 0 Å². The topological polar surface area (TPSA) is 116 Å². The summed E-state index contributed by atoms with van der Waals surface area (Å²) in [5.74, 6) is -1.16. The van der Waals surface area contributed by atoms with Crippen molar-refractivity contribution in [2.45, 2.75) is 38.1 Å². The molecule has 0 radical (unpaired) electrons. The quantitative estimate of drug-likeness (QED) is 0.573. The first-order valence-electron chi connectivity index (χ1n) is 10.6. The van der Waals surface area contributed by atoms with Gasteiger partial charge in [-0.25, -0.2) is 13.2 Å². The summed E-state index contributed by atoms with van der Waals surface area (Å²) in [6.45, 7) is 6.92. The number of urea groups is 1. The molecule has 2 aromatic rings. The van der Waals surface area contributed by atoms with Crippen molar-refractivity contribution in [1.29, 1.82) is 0 Å². The highest BCUT2D eigenvalue weighted by molar-refractivity contribution is 7.89. The van der Waals surface area contributed by atoms with E-state index in [1.54, 1.807) is 70.2 Å². The van der Waals surface area contributed by atoms with Crippen LogP contribution >= 0.6 is 0 Å². The number of rotatable bonds is 8. The van der Waals surface area contributed by atoms with Gasteiger partial charge < -0.3 is 10.6 Å². The molecule has 1 aliphatic heterocycles. The van der Waals surface area contributed by atoms with Crippen LogP contribution in [-0.4, -0.2) is 55.1 Å². The molecular formula is C23H28N4O5S. The molecule has 1 saturated heterocycles. The number of anilines is 1. The number of aryl methyl sites for hydroxylation is 1. The molecule has 3 rings (SSSR count). The number of amides is 4. The molecule has 2 aromatic carbocycles. The Balaban J connectivity index is 1.78. The average Bonchev–Trinajstić information content (AvgIpc) is 3.00. The Kier molecular flexibility index (Phi) is 6.89. The van der Waals surface area contributed by atoms with Gasteiger partial charge in [0, 0.05) is 18.8 Å². The van der Waals surface area contributed by atoms with Crippen molar-refractivity contribution in [3.63, 3.8) is 0 Å². The molecule has 1 atom stereocenters. The largest absolute Gasteiger partial charge is 0.325 e. The second-order valence-corrected chi connectivity index (χ2v) is 9.84. The molecule has 0 aliphatic carbocycles. The number of imide groups is 1. The SMILES string of the molecule is CCN(CC)S(=O)(=O)c1cc(NC(=O)CN2C(=O)N[C@@](C)(c3ccccc3)C2=O)ccc1C. The number of hydrogen-bond acceptors (Lipinski definition) is 5. The van der Waals surface area contributed by atoms with Crippen LogP contribution in [0.2, 0.25) is 0 Å². The molecule has 4 amide bonds. The Morgan fingerprint density at radius 1 is 1.09 bits per heavy atom. The maximum absolute atomic E-state index is 13.0. The zero-order valence-electron chi connectivity index (χ0n) is 19.1. The Morgan fingerprint density at radius 2 is 1.73 bits per heavy atom. The second kappa shape index (κ2) is 9.32. The number of hydrogen-bond donors (Lipinski definition) is 2. The Bertz CT molecular complexity index is 1180. The third-order valence-electron chi connectivity index (χ3n) is 5.72. The van der Waals surface area contributed by atoms with E-state index in [9.17, 15) is 22.8 Å². The molecule has 9 nitrogen and oxygen atoms in total. The van der Waals surface area contributed by atoms with Crippen molar-refractivity contribution in [2.75, 3.05) is 25.0 Å². The van der Waals surface area contributed by atoms with Gasteiger partial charge in [0.2, 0.25) is 15.9 Å². The van der Waals surface area contributed by atoms with E-state index >= 15 is 0 Å². The predicted molar refractivity (Wildman–Crippen MR) is 124 cm³/mol. The molecular weight excluding hydrogens is 444 g/mol. The number of sulfonamides is 1. The van der Waals surface area contributed by atoms with Gasteiger partial charge in [0.05, 0.1) is 4.90 Å². The van der Waals surface area contributed by atoms with Gasteiger partial charge in [-0.3, -0.25) is 14.5 Å². The van der Waals surface area contributed by atoms with Crippen LogP contribution in [0.15, 0.2) is 53.4 Å². The standard InChI is InChI=1S/C23H28N4O5S/c1-5-26(6-2)33(31,32)19-14-18(13-12-16(19)3)24-20(28)15-27-21(29)23(4,25-22(27)30)17-10-8-7-9-11-17/h7-14H,5-6,15H2,1-4H3,(H,24,28)(H,25,30)/t23-/m0/s1. The zero-order chi connectivity index (χ0) is 24.4. The molecule has 33 heavy (non-hydrogen) atoms. The summed E-state index contributed by atoms with van der Waals surface area (Å²) in [5.41, 5.74) is 0.144. The molecule has 0 aromatic heterocycles. The molecule has 1 fully saturated rings. The highest BCUT2D eigenvalue weighted by Gasteiger charge is 2.49. The van der Waals surface area contributed by atoms with Crippen molar-refractivity contribution in [1.82, 2.24) is 14.5 Å². The van der Waals surface area contributed by atoms with Crippen molar-refractivity contribution in [3.05, 3.63) is 59.7 Å². The fourth-order valence-electron chi connectivity index (χ4n) is 3.81. The van der Waals surface area contributed by atoms with Crippen LogP contribution in [0.3, 0.4) is 0 Å². The van der Waals surface area contributed by atoms with Crippen molar-refractivity contribution in [2.24, 2.45) is 0 Å². The lowest BCUT2D eigenvalue weighted by atomic mass is 9.92. The van der Waals surface area contributed by atoms with E-state index in [1.165, 1.54) is 10.4 Å². The summed E-state index contributed by atoms with van der Waals surface area (Å²) in [5, 5.41) is 5.25.